The highest BCUT2D eigenvalue weighted by Gasteiger charge is 2.15. The number of esters is 1. The predicted molar refractivity (Wildman–Crippen MR) is 123 cm³/mol. The Morgan fingerprint density at radius 3 is 2.34 bits per heavy atom. The zero-order valence-electron chi connectivity index (χ0n) is 18.3. The van der Waals surface area contributed by atoms with E-state index < -0.39 is 17.6 Å². The van der Waals surface area contributed by atoms with E-state index in [1.165, 1.54) is 9.13 Å². The van der Waals surface area contributed by atoms with E-state index >= 15 is 0 Å². The second-order valence-corrected chi connectivity index (χ2v) is 7.40. The van der Waals surface area contributed by atoms with E-state index in [-0.39, 0.29) is 18.7 Å². The van der Waals surface area contributed by atoms with Gasteiger partial charge in [0.2, 0.25) is 5.91 Å². The van der Waals surface area contributed by atoms with E-state index in [0.29, 0.717) is 35.1 Å². The fourth-order valence-electron chi connectivity index (χ4n) is 3.49. The first-order chi connectivity index (χ1) is 15.5. The molecule has 0 saturated carbocycles. The molecule has 3 rings (SSSR count). The topological polar surface area (TPSA) is 99.4 Å². The van der Waals surface area contributed by atoms with Gasteiger partial charge in [-0.25, -0.2) is 9.59 Å². The molecular formula is C24H27N3O5. The van der Waals surface area contributed by atoms with Crippen molar-refractivity contribution in [2.24, 2.45) is 0 Å². The van der Waals surface area contributed by atoms with Gasteiger partial charge < -0.3 is 10.1 Å². The van der Waals surface area contributed by atoms with Crippen molar-refractivity contribution in [1.29, 1.82) is 0 Å². The van der Waals surface area contributed by atoms with Crippen LogP contribution >= 0.6 is 0 Å². The molecule has 0 spiro atoms. The van der Waals surface area contributed by atoms with Crippen LogP contribution in [0.4, 0.5) is 5.69 Å². The fraction of sp³-hybridized carbons (Fsp3) is 0.333. The van der Waals surface area contributed by atoms with Crippen molar-refractivity contribution in [2.75, 3.05) is 11.9 Å². The molecule has 168 valence electrons. The van der Waals surface area contributed by atoms with Crippen LogP contribution in [0.15, 0.2) is 58.1 Å². The minimum Gasteiger partial charge on any atom is -0.462 e. The fourth-order valence-corrected chi connectivity index (χ4v) is 3.49. The first kappa shape index (κ1) is 23.0. The number of nitrogens with zero attached hydrogens (tertiary/aromatic N) is 2. The van der Waals surface area contributed by atoms with Crippen LogP contribution in [0.5, 0.6) is 0 Å². The molecule has 8 heteroatoms. The van der Waals surface area contributed by atoms with Crippen LogP contribution in [0.1, 0.15) is 43.5 Å². The lowest BCUT2D eigenvalue weighted by molar-refractivity contribution is -0.116. The summed E-state index contributed by atoms with van der Waals surface area (Å²) in [6, 6.07) is 13.1. The molecule has 8 nitrogen and oxygen atoms in total. The molecule has 0 atom stereocenters. The van der Waals surface area contributed by atoms with E-state index in [0.717, 1.165) is 12.8 Å². The minimum absolute atomic E-state index is 0.243. The van der Waals surface area contributed by atoms with Crippen LogP contribution in [0.2, 0.25) is 0 Å². The summed E-state index contributed by atoms with van der Waals surface area (Å²) >= 11 is 0. The second kappa shape index (κ2) is 10.6. The van der Waals surface area contributed by atoms with Gasteiger partial charge in [-0.3, -0.25) is 18.7 Å². The lowest BCUT2D eigenvalue weighted by Crippen LogP contribution is -2.41. The van der Waals surface area contributed by atoms with Crippen molar-refractivity contribution in [3.63, 3.8) is 0 Å². The Labute approximate surface area is 185 Å². The Morgan fingerprint density at radius 2 is 1.66 bits per heavy atom. The van der Waals surface area contributed by atoms with Gasteiger partial charge in [0.1, 0.15) is 6.54 Å². The van der Waals surface area contributed by atoms with Crippen LogP contribution in [0.3, 0.4) is 0 Å². The van der Waals surface area contributed by atoms with Crippen molar-refractivity contribution in [3.05, 3.63) is 74.9 Å². The van der Waals surface area contributed by atoms with Crippen molar-refractivity contribution < 1.29 is 14.3 Å². The number of aromatic nitrogens is 2. The van der Waals surface area contributed by atoms with Gasteiger partial charge in [0.15, 0.2) is 0 Å². The molecule has 32 heavy (non-hydrogen) atoms. The first-order valence-electron chi connectivity index (χ1n) is 10.8. The van der Waals surface area contributed by atoms with Gasteiger partial charge in [-0.1, -0.05) is 31.9 Å². The molecule has 3 aromatic rings. The van der Waals surface area contributed by atoms with Gasteiger partial charge in [0.05, 0.1) is 23.1 Å². The Balaban J connectivity index is 1.86. The van der Waals surface area contributed by atoms with Gasteiger partial charge in [0, 0.05) is 12.2 Å². The number of carbonyl (C=O) groups is 2. The number of para-hydroxylation sites is 1. The minimum atomic E-state index is -0.502. The Kier molecular flexibility index (Phi) is 7.59. The number of fused-ring (bicyclic) bond motifs is 1. The third-order valence-electron chi connectivity index (χ3n) is 5.10. The van der Waals surface area contributed by atoms with Gasteiger partial charge in [-0.2, -0.15) is 0 Å². The Bertz CT molecular complexity index is 1230. The number of unbranched alkanes of at least 4 members (excludes halogenated alkanes) is 2. The summed E-state index contributed by atoms with van der Waals surface area (Å²) in [4.78, 5) is 50.3. The predicted octanol–water partition coefficient (Wildman–Crippen LogP) is 3.17. The molecule has 1 aromatic heterocycles. The lowest BCUT2D eigenvalue weighted by atomic mass is 10.2. The van der Waals surface area contributed by atoms with E-state index in [2.05, 4.69) is 5.32 Å². The highest BCUT2D eigenvalue weighted by atomic mass is 16.5. The number of hydrogen-bond acceptors (Lipinski definition) is 5. The smallest absolute Gasteiger partial charge is 0.338 e. The van der Waals surface area contributed by atoms with Crippen LogP contribution < -0.4 is 16.6 Å². The van der Waals surface area contributed by atoms with Crippen LogP contribution in [-0.2, 0) is 22.6 Å². The van der Waals surface area contributed by atoms with E-state index in [1.807, 2.05) is 6.92 Å². The molecule has 0 aliphatic rings. The summed E-state index contributed by atoms with van der Waals surface area (Å²) in [7, 11) is 0. The second-order valence-electron chi connectivity index (χ2n) is 7.40. The molecule has 1 amide bonds. The average Bonchev–Trinajstić information content (AvgIpc) is 2.79. The van der Waals surface area contributed by atoms with Crippen LogP contribution in [0, 0.1) is 0 Å². The van der Waals surface area contributed by atoms with Gasteiger partial charge >= 0.3 is 11.7 Å². The monoisotopic (exact) mass is 437 g/mol. The average molecular weight is 437 g/mol. The number of amides is 1. The number of anilines is 1. The normalized spacial score (nSPS) is 10.8. The van der Waals surface area contributed by atoms with Crippen molar-refractivity contribution in [3.8, 4) is 0 Å². The number of nitrogens with one attached hydrogen (secondary N) is 1. The number of hydrogen-bond donors (Lipinski definition) is 1. The highest BCUT2D eigenvalue weighted by Crippen LogP contribution is 2.12. The van der Waals surface area contributed by atoms with E-state index in [1.54, 1.807) is 55.5 Å². The summed E-state index contributed by atoms with van der Waals surface area (Å²) in [5, 5.41) is 3.13. The first-order valence-corrected chi connectivity index (χ1v) is 10.8. The van der Waals surface area contributed by atoms with Gasteiger partial charge in [0.25, 0.3) is 5.56 Å². The zero-order valence-corrected chi connectivity index (χ0v) is 18.3. The number of carbonyl (C=O) groups excluding carboxylic acids is 2. The molecule has 1 N–H and O–H groups in total. The van der Waals surface area contributed by atoms with Crippen molar-refractivity contribution >= 4 is 28.5 Å². The molecule has 0 aliphatic carbocycles. The van der Waals surface area contributed by atoms with Crippen LogP contribution in [0.25, 0.3) is 10.9 Å². The largest absolute Gasteiger partial charge is 0.462 e. The van der Waals surface area contributed by atoms with Crippen molar-refractivity contribution in [2.45, 2.75) is 46.2 Å². The molecule has 0 bridgehead atoms. The lowest BCUT2D eigenvalue weighted by Gasteiger charge is -2.14. The molecule has 2 aromatic carbocycles. The summed E-state index contributed by atoms with van der Waals surface area (Å²) in [6.07, 6.45) is 2.58. The molecule has 1 heterocycles. The quantitative estimate of drug-likeness (QED) is 0.409. The maximum Gasteiger partial charge on any atom is 0.338 e. The number of ether oxygens (including phenoxy) is 1. The Hall–Kier alpha value is -3.68. The summed E-state index contributed by atoms with van der Waals surface area (Å²) in [5.74, 6) is -0.853. The standard InChI is InChI=1S/C24H27N3O5/c1-3-5-8-15-26-22(29)19-9-6-7-10-20(19)27(24(26)31)16-21(28)25-18-13-11-17(12-14-18)23(30)32-4-2/h6-7,9-14H,3-5,8,15-16H2,1-2H3,(H,25,28). The van der Waals surface area contributed by atoms with E-state index in [4.69, 9.17) is 4.74 Å². The molecule has 0 saturated heterocycles. The number of rotatable bonds is 9. The number of benzene rings is 2. The Morgan fingerprint density at radius 1 is 0.938 bits per heavy atom. The van der Waals surface area contributed by atoms with Gasteiger partial charge in [-0.15, -0.1) is 0 Å². The third-order valence-corrected chi connectivity index (χ3v) is 5.10. The van der Waals surface area contributed by atoms with Crippen LogP contribution in [-0.4, -0.2) is 27.6 Å². The molecule has 0 radical (unpaired) electrons. The third kappa shape index (κ3) is 5.14. The molecular weight excluding hydrogens is 410 g/mol. The SMILES string of the molecule is CCCCCn1c(=O)c2ccccc2n(CC(=O)Nc2ccc(C(=O)OCC)cc2)c1=O. The molecule has 0 fully saturated rings. The maximum absolute atomic E-state index is 13.1. The maximum atomic E-state index is 13.1. The van der Waals surface area contributed by atoms with Gasteiger partial charge in [-0.05, 0) is 49.7 Å². The summed E-state index contributed by atoms with van der Waals surface area (Å²) < 4.78 is 7.48. The zero-order chi connectivity index (χ0) is 23.1. The summed E-state index contributed by atoms with van der Waals surface area (Å²) in [6.45, 7) is 4.12. The molecule has 0 unspecified atom stereocenters. The summed E-state index contributed by atoms with van der Waals surface area (Å²) in [5.41, 5.74) is 0.440. The highest BCUT2D eigenvalue weighted by molar-refractivity contribution is 5.93. The van der Waals surface area contributed by atoms with Crippen molar-refractivity contribution in [1.82, 2.24) is 9.13 Å². The van der Waals surface area contributed by atoms with E-state index in [9.17, 15) is 19.2 Å². The molecule has 0 aliphatic heterocycles.